The molecule has 1 aromatic carbocycles. The van der Waals surface area contributed by atoms with Gasteiger partial charge in [-0.2, -0.15) is 0 Å². The van der Waals surface area contributed by atoms with Crippen molar-refractivity contribution in [2.24, 2.45) is 5.73 Å². The second-order valence-electron chi connectivity index (χ2n) is 4.09. The Morgan fingerprint density at radius 3 is 2.89 bits per heavy atom. The third-order valence-corrected chi connectivity index (χ3v) is 2.69. The number of amides is 1. The number of carbonyl (C=O) groups excluding carboxylic acids is 1. The number of fused-ring (bicyclic) bond motifs is 1. The van der Waals surface area contributed by atoms with E-state index in [1.165, 1.54) is 0 Å². The van der Waals surface area contributed by atoms with Crippen LogP contribution < -0.4 is 11.1 Å². The lowest BCUT2D eigenvalue weighted by Crippen LogP contribution is -2.11. The average Bonchev–Trinajstić information content (AvgIpc) is 2.38. The molecule has 2 rings (SSSR count). The number of nitrogens with zero attached hydrogens (tertiary/aromatic N) is 2. The number of rotatable bonds is 6. The van der Waals surface area contributed by atoms with Gasteiger partial charge in [-0.1, -0.05) is 12.1 Å². The lowest BCUT2D eigenvalue weighted by Gasteiger charge is -2.07. The topological polar surface area (TPSA) is 80.9 Å². The predicted molar refractivity (Wildman–Crippen MR) is 71.1 cm³/mol. The van der Waals surface area contributed by atoms with E-state index in [-0.39, 0.29) is 5.91 Å². The molecule has 94 valence electrons. The minimum Gasteiger partial charge on any atom is -0.370 e. The molecule has 1 aromatic heterocycles. The number of benzene rings is 1. The fourth-order valence-corrected chi connectivity index (χ4v) is 1.78. The first kappa shape index (κ1) is 12.3. The van der Waals surface area contributed by atoms with Crippen molar-refractivity contribution in [1.82, 2.24) is 9.97 Å². The zero-order valence-electron chi connectivity index (χ0n) is 10.1. The molecule has 0 saturated carbocycles. The summed E-state index contributed by atoms with van der Waals surface area (Å²) in [6.07, 6.45) is 3.67. The number of aromatic nitrogens is 2. The molecule has 0 saturated heterocycles. The maximum Gasteiger partial charge on any atom is 0.217 e. The van der Waals surface area contributed by atoms with Crippen LogP contribution in [0.15, 0.2) is 30.6 Å². The average molecular weight is 244 g/mol. The molecule has 1 amide bonds. The number of primary amides is 1. The van der Waals surface area contributed by atoms with Crippen LogP contribution in [0.4, 0.5) is 5.82 Å². The van der Waals surface area contributed by atoms with Gasteiger partial charge >= 0.3 is 0 Å². The monoisotopic (exact) mass is 244 g/mol. The van der Waals surface area contributed by atoms with E-state index in [9.17, 15) is 4.79 Å². The van der Waals surface area contributed by atoms with Crippen molar-refractivity contribution in [1.29, 1.82) is 0 Å². The molecule has 0 aliphatic heterocycles. The van der Waals surface area contributed by atoms with E-state index < -0.39 is 0 Å². The summed E-state index contributed by atoms with van der Waals surface area (Å²) in [5.41, 5.74) is 6.00. The fraction of sp³-hybridized carbons (Fsp3) is 0.308. The molecule has 0 spiro atoms. The summed E-state index contributed by atoms with van der Waals surface area (Å²) in [6.45, 7) is 0.772. The second-order valence-corrected chi connectivity index (χ2v) is 4.09. The van der Waals surface area contributed by atoms with E-state index in [2.05, 4.69) is 15.3 Å². The standard InChI is InChI=1S/C13H16N4O/c14-12(18)7-3-4-8-15-13-10-5-1-2-6-11(10)16-9-17-13/h1-2,5-6,9H,3-4,7-8H2,(H2,14,18)(H,15,16,17). The van der Waals surface area contributed by atoms with Gasteiger partial charge in [0.1, 0.15) is 12.1 Å². The molecule has 0 fully saturated rings. The van der Waals surface area contributed by atoms with E-state index >= 15 is 0 Å². The molecule has 0 radical (unpaired) electrons. The molecule has 3 N–H and O–H groups in total. The lowest BCUT2D eigenvalue weighted by molar-refractivity contribution is -0.118. The summed E-state index contributed by atoms with van der Waals surface area (Å²) in [4.78, 5) is 19.0. The van der Waals surface area contributed by atoms with Crippen LogP contribution >= 0.6 is 0 Å². The summed E-state index contributed by atoms with van der Waals surface area (Å²) < 4.78 is 0. The minimum atomic E-state index is -0.248. The molecule has 5 nitrogen and oxygen atoms in total. The van der Waals surface area contributed by atoms with Crippen LogP contribution in [0.5, 0.6) is 0 Å². The highest BCUT2D eigenvalue weighted by Gasteiger charge is 2.01. The number of anilines is 1. The second kappa shape index (κ2) is 5.95. The van der Waals surface area contributed by atoms with Crippen LogP contribution in [-0.2, 0) is 4.79 Å². The van der Waals surface area contributed by atoms with Gasteiger partial charge in [-0.3, -0.25) is 4.79 Å². The zero-order valence-corrected chi connectivity index (χ0v) is 10.1. The Hall–Kier alpha value is -2.17. The Balaban J connectivity index is 1.93. The highest BCUT2D eigenvalue weighted by atomic mass is 16.1. The summed E-state index contributed by atoms with van der Waals surface area (Å²) in [7, 11) is 0. The Bertz CT molecular complexity index is 536. The van der Waals surface area contributed by atoms with Crippen LogP contribution in [0.2, 0.25) is 0 Å². The van der Waals surface area contributed by atoms with Crippen molar-refractivity contribution >= 4 is 22.6 Å². The maximum absolute atomic E-state index is 10.6. The molecule has 18 heavy (non-hydrogen) atoms. The molecule has 0 bridgehead atoms. The van der Waals surface area contributed by atoms with Gasteiger partial charge in [-0.05, 0) is 25.0 Å². The van der Waals surface area contributed by atoms with Gasteiger partial charge in [0.2, 0.25) is 5.91 Å². The van der Waals surface area contributed by atoms with Gasteiger partial charge in [0, 0.05) is 18.4 Å². The van der Waals surface area contributed by atoms with E-state index in [1.807, 2.05) is 24.3 Å². The van der Waals surface area contributed by atoms with Crippen LogP contribution in [0.3, 0.4) is 0 Å². The number of nitrogens with two attached hydrogens (primary N) is 1. The van der Waals surface area contributed by atoms with Crippen LogP contribution in [0.1, 0.15) is 19.3 Å². The highest BCUT2D eigenvalue weighted by Crippen LogP contribution is 2.18. The van der Waals surface area contributed by atoms with Crippen molar-refractivity contribution < 1.29 is 4.79 Å². The fourth-order valence-electron chi connectivity index (χ4n) is 1.78. The minimum absolute atomic E-state index is 0.248. The van der Waals surface area contributed by atoms with Gasteiger partial charge in [0.25, 0.3) is 0 Å². The van der Waals surface area contributed by atoms with Gasteiger partial charge in [-0.25, -0.2) is 9.97 Å². The van der Waals surface area contributed by atoms with Crippen molar-refractivity contribution in [3.05, 3.63) is 30.6 Å². The molecule has 0 aliphatic carbocycles. The number of carbonyl (C=O) groups is 1. The number of unbranched alkanes of at least 4 members (excludes halogenated alkanes) is 1. The highest BCUT2D eigenvalue weighted by molar-refractivity contribution is 5.88. The summed E-state index contributed by atoms with van der Waals surface area (Å²) in [5.74, 6) is 0.585. The van der Waals surface area contributed by atoms with Crippen molar-refractivity contribution in [2.75, 3.05) is 11.9 Å². The molecule has 0 atom stereocenters. The van der Waals surface area contributed by atoms with Crippen LogP contribution in [0, 0.1) is 0 Å². The molecule has 1 heterocycles. The zero-order chi connectivity index (χ0) is 12.8. The third kappa shape index (κ3) is 3.16. The first-order valence-electron chi connectivity index (χ1n) is 5.99. The first-order valence-corrected chi connectivity index (χ1v) is 5.99. The van der Waals surface area contributed by atoms with Crippen molar-refractivity contribution in [3.63, 3.8) is 0 Å². The van der Waals surface area contributed by atoms with Crippen LogP contribution in [0.25, 0.3) is 10.9 Å². The Kier molecular flexibility index (Phi) is 4.06. The Labute approximate surface area is 105 Å². The number of hydrogen-bond donors (Lipinski definition) is 2. The Morgan fingerprint density at radius 2 is 2.06 bits per heavy atom. The van der Waals surface area contributed by atoms with Gasteiger partial charge in [0.05, 0.1) is 5.52 Å². The molecule has 2 aromatic rings. The molecule has 0 unspecified atom stereocenters. The number of para-hydroxylation sites is 1. The van der Waals surface area contributed by atoms with Gasteiger partial charge in [0.15, 0.2) is 0 Å². The number of nitrogens with one attached hydrogen (secondary N) is 1. The van der Waals surface area contributed by atoms with E-state index in [4.69, 9.17) is 5.73 Å². The van der Waals surface area contributed by atoms with Crippen molar-refractivity contribution in [3.8, 4) is 0 Å². The largest absolute Gasteiger partial charge is 0.370 e. The predicted octanol–water partition coefficient (Wildman–Crippen LogP) is 1.70. The smallest absolute Gasteiger partial charge is 0.217 e. The Morgan fingerprint density at radius 1 is 1.22 bits per heavy atom. The molecular weight excluding hydrogens is 228 g/mol. The van der Waals surface area contributed by atoms with Gasteiger partial charge < -0.3 is 11.1 Å². The summed E-state index contributed by atoms with van der Waals surface area (Å²) in [6, 6.07) is 7.85. The van der Waals surface area contributed by atoms with Crippen molar-refractivity contribution in [2.45, 2.75) is 19.3 Å². The lowest BCUT2D eigenvalue weighted by atomic mass is 10.2. The van der Waals surface area contributed by atoms with Gasteiger partial charge in [-0.15, -0.1) is 0 Å². The van der Waals surface area contributed by atoms with E-state index in [0.717, 1.165) is 36.1 Å². The van der Waals surface area contributed by atoms with E-state index in [0.29, 0.717) is 6.42 Å². The maximum atomic E-state index is 10.6. The number of hydrogen-bond acceptors (Lipinski definition) is 4. The summed E-state index contributed by atoms with van der Waals surface area (Å²) in [5, 5.41) is 4.27. The van der Waals surface area contributed by atoms with E-state index in [1.54, 1.807) is 6.33 Å². The SMILES string of the molecule is NC(=O)CCCCNc1ncnc2ccccc12. The molecule has 5 heteroatoms. The molecular formula is C13H16N4O. The third-order valence-electron chi connectivity index (χ3n) is 2.69. The summed E-state index contributed by atoms with van der Waals surface area (Å²) >= 11 is 0. The first-order chi connectivity index (χ1) is 8.77. The van der Waals surface area contributed by atoms with Crippen LogP contribution in [-0.4, -0.2) is 22.4 Å². The molecule has 0 aliphatic rings. The normalized spacial score (nSPS) is 10.4. The quantitative estimate of drug-likeness (QED) is 0.758.